The molecule has 0 radical (unpaired) electrons. The molecular formula is C15H18N4O2. The number of ether oxygens (including phenoxy) is 1. The lowest BCUT2D eigenvalue weighted by molar-refractivity contribution is 0.398. The molecule has 2 rings (SSSR count). The first-order chi connectivity index (χ1) is 10.1. The Kier molecular flexibility index (Phi) is 4.50. The quantitative estimate of drug-likeness (QED) is 0.457. The van der Waals surface area contributed by atoms with Gasteiger partial charge in [-0.2, -0.15) is 0 Å². The standard InChI is InChI=1S/C15H18N4O2/c1-9(2)12-7-11(5-6-14(12)20-4)15-13(8-17-19-16)10(3)21-18-15/h5-7,9H,8H2,1-4H3. The second kappa shape index (κ2) is 6.33. The van der Waals surface area contributed by atoms with E-state index >= 15 is 0 Å². The van der Waals surface area contributed by atoms with Crippen molar-refractivity contribution in [1.29, 1.82) is 0 Å². The fourth-order valence-electron chi connectivity index (χ4n) is 2.24. The van der Waals surface area contributed by atoms with Crippen LogP contribution in [0.2, 0.25) is 0 Å². The third-order valence-electron chi connectivity index (χ3n) is 3.40. The van der Waals surface area contributed by atoms with Gasteiger partial charge in [0.1, 0.15) is 17.2 Å². The molecule has 21 heavy (non-hydrogen) atoms. The maximum absolute atomic E-state index is 8.49. The highest BCUT2D eigenvalue weighted by molar-refractivity contribution is 5.66. The molecule has 0 atom stereocenters. The highest BCUT2D eigenvalue weighted by Gasteiger charge is 2.16. The molecular weight excluding hydrogens is 268 g/mol. The SMILES string of the molecule is COc1ccc(-c2noc(C)c2CN=[N+]=[N-])cc1C(C)C. The maximum atomic E-state index is 8.49. The second-order valence-electron chi connectivity index (χ2n) is 5.07. The van der Waals surface area contributed by atoms with Gasteiger partial charge >= 0.3 is 0 Å². The Morgan fingerprint density at radius 2 is 2.19 bits per heavy atom. The lowest BCUT2D eigenvalue weighted by Gasteiger charge is -2.13. The van der Waals surface area contributed by atoms with E-state index in [0.29, 0.717) is 17.4 Å². The number of nitrogens with zero attached hydrogens (tertiary/aromatic N) is 4. The van der Waals surface area contributed by atoms with E-state index in [-0.39, 0.29) is 6.54 Å². The van der Waals surface area contributed by atoms with Crippen LogP contribution in [-0.4, -0.2) is 12.3 Å². The summed E-state index contributed by atoms with van der Waals surface area (Å²) in [6, 6.07) is 5.90. The van der Waals surface area contributed by atoms with Gasteiger partial charge < -0.3 is 9.26 Å². The topological polar surface area (TPSA) is 84.0 Å². The zero-order chi connectivity index (χ0) is 15.4. The lowest BCUT2D eigenvalue weighted by atomic mass is 9.97. The number of benzene rings is 1. The Hall–Kier alpha value is -2.46. The minimum absolute atomic E-state index is 0.226. The summed E-state index contributed by atoms with van der Waals surface area (Å²) in [6.45, 7) is 6.25. The molecule has 0 spiro atoms. The third kappa shape index (κ3) is 3.01. The average Bonchev–Trinajstić information content (AvgIpc) is 2.85. The van der Waals surface area contributed by atoms with Gasteiger partial charge in [0.2, 0.25) is 0 Å². The zero-order valence-electron chi connectivity index (χ0n) is 12.6. The number of methoxy groups -OCH3 is 1. The van der Waals surface area contributed by atoms with Crippen LogP contribution in [0.1, 0.15) is 36.7 Å². The smallest absolute Gasteiger partial charge is 0.137 e. The molecule has 0 aliphatic carbocycles. The van der Waals surface area contributed by atoms with Crippen molar-refractivity contribution >= 4 is 0 Å². The van der Waals surface area contributed by atoms with Gasteiger partial charge in [-0.05, 0) is 42.1 Å². The molecule has 110 valence electrons. The van der Waals surface area contributed by atoms with Gasteiger partial charge in [-0.25, -0.2) is 0 Å². The van der Waals surface area contributed by atoms with Gasteiger partial charge in [0.05, 0.1) is 13.7 Å². The van der Waals surface area contributed by atoms with Gasteiger partial charge in [-0.3, -0.25) is 0 Å². The summed E-state index contributed by atoms with van der Waals surface area (Å²) in [4.78, 5) is 2.80. The maximum Gasteiger partial charge on any atom is 0.137 e. The predicted octanol–water partition coefficient (Wildman–Crippen LogP) is 4.59. The molecule has 0 saturated carbocycles. The van der Waals surface area contributed by atoms with Crippen molar-refractivity contribution in [2.45, 2.75) is 33.2 Å². The van der Waals surface area contributed by atoms with Gasteiger partial charge in [-0.15, -0.1) is 0 Å². The second-order valence-corrected chi connectivity index (χ2v) is 5.07. The van der Waals surface area contributed by atoms with E-state index in [9.17, 15) is 0 Å². The van der Waals surface area contributed by atoms with Crippen molar-refractivity contribution in [2.24, 2.45) is 5.11 Å². The largest absolute Gasteiger partial charge is 0.496 e. The van der Waals surface area contributed by atoms with Crippen LogP contribution in [0.4, 0.5) is 0 Å². The van der Waals surface area contributed by atoms with Gasteiger partial charge in [-0.1, -0.05) is 24.1 Å². The minimum Gasteiger partial charge on any atom is -0.496 e. The predicted molar refractivity (Wildman–Crippen MR) is 80.2 cm³/mol. The van der Waals surface area contributed by atoms with E-state index in [1.54, 1.807) is 7.11 Å². The minimum atomic E-state index is 0.226. The summed E-state index contributed by atoms with van der Waals surface area (Å²) < 4.78 is 10.6. The third-order valence-corrected chi connectivity index (χ3v) is 3.40. The van der Waals surface area contributed by atoms with Crippen LogP contribution in [0.15, 0.2) is 27.8 Å². The van der Waals surface area contributed by atoms with Crippen LogP contribution in [0.25, 0.3) is 21.7 Å². The van der Waals surface area contributed by atoms with Gasteiger partial charge in [0, 0.05) is 16.0 Å². The Morgan fingerprint density at radius 1 is 1.43 bits per heavy atom. The van der Waals surface area contributed by atoms with Crippen LogP contribution in [0, 0.1) is 6.92 Å². The van der Waals surface area contributed by atoms with Crippen molar-refractivity contribution in [2.75, 3.05) is 7.11 Å². The molecule has 1 aromatic heterocycles. The van der Waals surface area contributed by atoms with Gasteiger partial charge in [0.25, 0.3) is 0 Å². The van der Waals surface area contributed by atoms with E-state index in [0.717, 1.165) is 22.4 Å². The van der Waals surface area contributed by atoms with E-state index < -0.39 is 0 Å². The summed E-state index contributed by atoms with van der Waals surface area (Å²) in [5, 5.41) is 7.70. The summed E-state index contributed by atoms with van der Waals surface area (Å²) in [7, 11) is 1.66. The first kappa shape index (κ1) is 14.9. The Bertz CT molecular complexity index is 685. The summed E-state index contributed by atoms with van der Waals surface area (Å²) in [6.07, 6.45) is 0. The molecule has 0 aliphatic heterocycles. The molecule has 0 fully saturated rings. The monoisotopic (exact) mass is 286 g/mol. The first-order valence-corrected chi connectivity index (χ1v) is 6.72. The van der Waals surface area contributed by atoms with Crippen LogP contribution in [0.5, 0.6) is 5.75 Å². The molecule has 6 nitrogen and oxygen atoms in total. The molecule has 6 heteroatoms. The number of rotatable bonds is 5. The van der Waals surface area contributed by atoms with E-state index in [2.05, 4.69) is 29.0 Å². The van der Waals surface area contributed by atoms with Crippen LogP contribution in [-0.2, 0) is 6.54 Å². The Labute approximate surface area is 123 Å². The summed E-state index contributed by atoms with van der Waals surface area (Å²) >= 11 is 0. The van der Waals surface area contributed by atoms with E-state index in [1.165, 1.54) is 0 Å². The average molecular weight is 286 g/mol. The van der Waals surface area contributed by atoms with Crippen molar-refractivity contribution in [3.8, 4) is 17.0 Å². The van der Waals surface area contributed by atoms with Crippen LogP contribution in [0.3, 0.4) is 0 Å². The Morgan fingerprint density at radius 3 is 2.81 bits per heavy atom. The Balaban J connectivity index is 2.52. The number of hydrogen-bond donors (Lipinski definition) is 0. The van der Waals surface area contributed by atoms with Gasteiger partial charge in [0.15, 0.2) is 0 Å². The summed E-state index contributed by atoms with van der Waals surface area (Å²) in [5.74, 6) is 1.85. The molecule has 0 unspecified atom stereocenters. The molecule has 0 bridgehead atoms. The van der Waals surface area contributed by atoms with E-state index in [4.69, 9.17) is 14.8 Å². The summed E-state index contributed by atoms with van der Waals surface area (Å²) in [5.41, 5.74) is 12.1. The van der Waals surface area contributed by atoms with Crippen molar-refractivity contribution < 1.29 is 9.26 Å². The normalized spacial score (nSPS) is 10.5. The number of hydrogen-bond acceptors (Lipinski definition) is 4. The molecule has 0 saturated heterocycles. The fourth-order valence-corrected chi connectivity index (χ4v) is 2.24. The van der Waals surface area contributed by atoms with Crippen LogP contribution < -0.4 is 4.74 Å². The fraction of sp³-hybridized carbons (Fsp3) is 0.400. The molecule has 0 N–H and O–H groups in total. The number of azide groups is 1. The molecule has 1 aromatic carbocycles. The first-order valence-electron chi connectivity index (χ1n) is 6.72. The number of aromatic nitrogens is 1. The highest BCUT2D eigenvalue weighted by Crippen LogP contribution is 2.33. The number of aryl methyl sites for hydroxylation is 1. The van der Waals surface area contributed by atoms with E-state index in [1.807, 2.05) is 25.1 Å². The van der Waals surface area contributed by atoms with Crippen LogP contribution >= 0.6 is 0 Å². The van der Waals surface area contributed by atoms with Crippen molar-refractivity contribution in [3.05, 3.63) is 45.5 Å². The molecule has 0 aliphatic rings. The molecule has 0 amide bonds. The highest BCUT2D eigenvalue weighted by atomic mass is 16.5. The molecule has 2 aromatic rings. The lowest BCUT2D eigenvalue weighted by Crippen LogP contribution is -1.96. The zero-order valence-corrected chi connectivity index (χ0v) is 12.6. The van der Waals surface area contributed by atoms with Crippen molar-refractivity contribution in [3.63, 3.8) is 0 Å². The van der Waals surface area contributed by atoms with Crippen molar-refractivity contribution in [1.82, 2.24) is 5.16 Å². The molecule has 1 heterocycles.